The maximum atomic E-state index is 12.2. The summed E-state index contributed by atoms with van der Waals surface area (Å²) in [6.07, 6.45) is 5.31. The van der Waals surface area contributed by atoms with Crippen molar-refractivity contribution >= 4 is 17.5 Å². The van der Waals surface area contributed by atoms with Gasteiger partial charge >= 0.3 is 0 Å². The molecular weight excluding hydrogens is 328 g/mol. The highest BCUT2D eigenvalue weighted by atomic mass is 16.5. The van der Waals surface area contributed by atoms with E-state index in [-0.39, 0.29) is 24.5 Å². The van der Waals surface area contributed by atoms with Crippen LogP contribution in [-0.4, -0.2) is 23.3 Å². The first-order valence-corrected chi connectivity index (χ1v) is 9.07. The quantitative estimate of drug-likeness (QED) is 0.502. The van der Waals surface area contributed by atoms with Crippen LogP contribution in [0, 0.1) is 6.92 Å². The average molecular weight is 354 g/mol. The van der Waals surface area contributed by atoms with Crippen LogP contribution in [0.1, 0.15) is 54.9 Å². The lowest BCUT2D eigenvalue weighted by atomic mass is 10.1. The lowest BCUT2D eigenvalue weighted by Gasteiger charge is -2.07. The fourth-order valence-corrected chi connectivity index (χ4v) is 2.40. The second-order valence-corrected chi connectivity index (χ2v) is 6.27. The molecule has 0 unspecified atom stereocenters. The highest BCUT2D eigenvalue weighted by Crippen LogP contribution is 2.15. The number of aryl methyl sites for hydroxylation is 1. The lowest BCUT2D eigenvalue weighted by Crippen LogP contribution is -2.14. The molecule has 1 heterocycles. The molecule has 0 fully saturated rings. The summed E-state index contributed by atoms with van der Waals surface area (Å²) in [5.41, 5.74) is 1.61. The standard InChI is InChI=1S/C21H26N2O3/c1-3-4-5-14-26-18-9-7-17(8-10-18)19(24)11-13-21(25)23-20-12-6-16(2)15-22-20/h6-10,12,15H,3-5,11,13-14H2,1-2H3,(H,22,23,25). The number of carbonyl (C=O) groups excluding carboxylic acids is 2. The zero-order valence-electron chi connectivity index (χ0n) is 15.5. The Morgan fingerprint density at radius 2 is 1.81 bits per heavy atom. The minimum absolute atomic E-state index is 0.0606. The van der Waals surface area contributed by atoms with Crippen molar-refractivity contribution in [1.82, 2.24) is 4.98 Å². The van der Waals surface area contributed by atoms with E-state index >= 15 is 0 Å². The van der Waals surface area contributed by atoms with Crippen molar-refractivity contribution in [3.63, 3.8) is 0 Å². The van der Waals surface area contributed by atoms with Crippen LogP contribution < -0.4 is 10.1 Å². The van der Waals surface area contributed by atoms with Crippen molar-refractivity contribution in [2.45, 2.75) is 46.0 Å². The van der Waals surface area contributed by atoms with Gasteiger partial charge < -0.3 is 10.1 Å². The third-order valence-corrected chi connectivity index (χ3v) is 3.95. The Labute approximate surface area is 154 Å². The summed E-state index contributed by atoms with van der Waals surface area (Å²) in [5.74, 6) is 0.985. The van der Waals surface area contributed by atoms with Crippen LogP contribution in [0.5, 0.6) is 5.75 Å². The minimum atomic E-state index is -0.217. The van der Waals surface area contributed by atoms with Gasteiger partial charge in [0.2, 0.25) is 5.91 Å². The molecular formula is C21H26N2O3. The highest BCUT2D eigenvalue weighted by Gasteiger charge is 2.10. The topological polar surface area (TPSA) is 68.3 Å². The molecule has 0 aliphatic carbocycles. The summed E-state index contributed by atoms with van der Waals surface area (Å²) < 4.78 is 5.63. The average Bonchev–Trinajstić information content (AvgIpc) is 2.66. The van der Waals surface area contributed by atoms with Gasteiger partial charge in [-0.3, -0.25) is 9.59 Å². The first kappa shape index (κ1) is 19.6. The number of aromatic nitrogens is 1. The van der Waals surface area contributed by atoms with E-state index in [0.717, 1.165) is 30.6 Å². The minimum Gasteiger partial charge on any atom is -0.494 e. The van der Waals surface area contributed by atoms with Gasteiger partial charge in [0.1, 0.15) is 11.6 Å². The number of carbonyl (C=O) groups is 2. The maximum absolute atomic E-state index is 12.2. The number of rotatable bonds is 10. The maximum Gasteiger partial charge on any atom is 0.225 e. The Morgan fingerprint density at radius 1 is 1.04 bits per heavy atom. The molecule has 138 valence electrons. The molecule has 2 rings (SSSR count). The largest absolute Gasteiger partial charge is 0.494 e. The van der Waals surface area contributed by atoms with Crippen LogP contribution in [0.2, 0.25) is 0 Å². The monoisotopic (exact) mass is 354 g/mol. The van der Waals surface area contributed by atoms with Crippen LogP contribution in [-0.2, 0) is 4.79 Å². The lowest BCUT2D eigenvalue weighted by molar-refractivity contribution is -0.116. The van der Waals surface area contributed by atoms with E-state index in [2.05, 4.69) is 17.2 Å². The van der Waals surface area contributed by atoms with Gasteiger partial charge in [-0.1, -0.05) is 25.8 Å². The Hall–Kier alpha value is -2.69. The van der Waals surface area contributed by atoms with E-state index in [4.69, 9.17) is 4.74 Å². The molecule has 5 heteroatoms. The van der Waals surface area contributed by atoms with Crippen molar-refractivity contribution in [2.24, 2.45) is 0 Å². The first-order chi connectivity index (χ1) is 12.6. The summed E-state index contributed by atoms with van der Waals surface area (Å²) in [4.78, 5) is 28.3. The van der Waals surface area contributed by atoms with E-state index in [1.807, 2.05) is 13.0 Å². The summed E-state index contributed by atoms with van der Waals surface area (Å²) in [5, 5.41) is 2.70. The SMILES string of the molecule is CCCCCOc1ccc(C(=O)CCC(=O)Nc2ccc(C)cn2)cc1. The van der Waals surface area contributed by atoms with Gasteiger partial charge in [-0.05, 0) is 49.2 Å². The van der Waals surface area contributed by atoms with Crippen LogP contribution in [0.4, 0.5) is 5.82 Å². The van der Waals surface area contributed by atoms with E-state index < -0.39 is 0 Å². The molecule has 1 aromatic carbocycles. The zero-order valence-corrected chi connectivity index (χ0v) is 15.5. The number of benzene rings is 1. The molecule has 1 aromatic heterocycles. The van der Waals surface area contributed by atoms with Crippen molar-refractivity contribution in [3.8, 4) is 5.75 Å². The Morgan fingerprint density at radius 3 is 2.46 bits per heavy atom. The molecule has 0 atom stereocenters. The number of pyridine rings is 1. The fraction of sp³-hybridized carbons (Fsp3) is 0.381. The smallest absolute Gasteiger partial charge is 0.225 e. The predicted molar refractivity (Wildman–Crippen MR) is 103 cm³/mol. The second kappa shape index (κ2) is 10.3. The number of ether oxygens (including phenoxy) is 1. The normalized spacial score (nSPS) is 10.4. The van der Waals surface area contributed by atoms with Crippen molar-refractivity contribution in [1.29, 1.82) is 0 Å². The molecule has 2 aromatic rings. The first-order valence-electron chi connectivity index (χ1n) is 9.07. The third kappa shape index (κ3) is 6.67. The Bertz CT molecular complexity index is 709. The van der Waals surface area contributed by atoms with Gasteiger partial charge in [0.25, 0.3) is 0 Å². The number of amides is 1. The van der Waals surface area contributed by atoms with Gasteiger partial charge in [-0.25, -0.2) is 4.98 Å². The Kier molecular flexibility index (Phi) is 7.80. The summed E-state index contributed by atoms with van der Waals surface area (Å²) in [7, 11) is 0. The number of unbranched alkanes of at least 4 members (excludes halogenated alkanes) is 2. The third-order valence-electron chi connectivity index (χ3n) is 3.95. The number of hydrogen-bond acceptors (Lipinski definition) is 4. The fourth-order valence-electron chi connectivity index (χ4n) is 2.40. The number of hydrogen-bond donors (Lipinski definition) is 1. The van der Waals surface area contributed by atoms with Crippen molar-refractivity contribution in [3.05, 3.63) is 53.7 Å². The molecule has 0 radical (unpaired) electrons. The van der Waals surface area contributed by atoms with Gasteiger partial charge in [-0.2, -0.15) is 0 Å². The van der Waals surface area contributed by atoms with Crippen molar-refractivity contribution in [2.75, 3.05) is 11.9 Å². The number of ketones is 1. The summed E-state index contributed by atoms with van der Waals surface area (Å²) in [6, 6.07) is 10.7. The van der Waals surface area contributed by atoms with Crippen LogP contribution >= 0.6 is 0 Å². The predicted octanol–water partition coefficient (Wildman–Crippen LogP) is 4.56. The molecule has 0 spiro atoms. The van der Waals surface area contributed by atoms with Crippen LogP contribution in [0.15, 0.2) is 42.6 Å². The molecule has 0 aliphatic heterocycles. The van der Waals surface area contributed by atoms with E-state index in [1.165, 1.54) is 0 Å². The molecule has 1 N–H and O–H groups in total. The van der Waals surface area contributed by atoms with E-state index in [9.17, 15) is 9.59 Å². The van der Waals surface area contributed by atoms with Crippen LogP contribution in [0.25, 0.3) is 0 Å². The van der Waals surface area contributed by atoms with Gasteiger partial charge in [-0.15, -0.1) is 0 Å². The van der Waals surface area contributed by atoms with E-state index in [1.54, 1.807) is 36.5 Å². The number of nitrogens with zero attached hydrogens (tertiary/aromatic N) is 1. The number of anilines is 1. The molecule has 0 aliphatic rings. The molecule has 5 nitrogen and oxygen atoms in total. The van der Waals surface area contributed by atoms with Gasteiger partial charge in [0, 0.05) is 24.6 Å². The Balaban J connectivity index is 1.76. The highest BCUT2D eigenvalue weighted by molar-refractivity contribution is 5.99. The summed E-state index contributed by atoms with van der Waals surface area (Å²) >= 11 is 0. The molecule has 26 heavy (non-hydrogen) atoms. The van der Waals surface area contributed by atoms with E-state index in [0.29, 0.717) is 18.0 Å². The molecule has 0 saturated carbocycles. The van der Waals surface area contributed by atoms with Gasteiger partial charge in [0.15, 0.2) is 5.78 Å². The summed E-state index contributed by atoms with van der Waals surface area (Å²) in [6.45, 7) is 4.77. The number of Topliss-reactive ketones (excluding diaryl/α,β-unsaturated/α-hetero) is 1. The number of nitrogens with one attached hydrogen (secondary N) is 1. The second-order valence-electron chi connectivity index (χ2n) is 6.27. The van der Waals surface area contributed by atoms with Crippen molar-refractivity contribution < 1.29 is 14.3 Å². The molecule has 0 bridgehead atoms. The van der Waals surface area contributed by atoms with Gasteiger partial charge in [0.05, 0.1) is 6.61 Å². The zero-order chi connectivity index (χ0) is 18.8. The molecule has 1 amide bonds. The molecule has 0 saturated heterocycles. The van der Waals surface area contributed by atoms with Crippen LogP contribution in [0.3, 0.4) is 0 Å².